The van der Waals surface area contributed by atoms with Gasteiger partial charge in [-0.05, 0) is 53.1 Å². The van der Waals surface area contributed by atoms with Gasteiger partial charge >= 0.3 is 0 Å². The molecule has 0 atom stereocenters. The van der Waals surface area contributed by atoms with E-state index in [0.717, 1.165) is 21.1 Å². The Balaban J connectivity index is 2.07. The smallest absolute Gasteiger partial charge is 0.193 e. The zero-order valence-corrected chi connectivity index (χ0v) is 13.9. The third kappa shape index (κ3) is 4.17. The molecule has 0 N–H and O–H groups in total. The average Bonchev–Trinajstić information content (AvgIpc) is 2.47. The van der Waals surface area contributed by atoms with Crippen LogP contribution < -0.4 is 0 Å². The average molecular weight is 378 g/mol. The highest BCUT2D eigenvalue weighted by atomic mass is 127. The maximum Gasteiger partial charge on any atom is 0.193 e. The Kier molecular flexibility index (Phi) is 5.77. The summed E-state index contributed by atoms with van der Waals surface area (Å²) in [7, 11) is 0. The standard InChI is InChI=1S/C18H19IO/c1-2-3-4-6-14-9-11-15(12-10-14)18(20)16-7-5-8-17(19)13-16/h5,7-13H,2-4,6H2,1H3. The summed E-state index contributed by atoms with van der Waals surface area (Å²) in [5.74, 6) is 0.101. The van der Waals surface area contributed by atoms with Crippen LogP contribution in [0.3, 0.4) is 0 Å². The number of ketones is 1. The fourth-order valence-electron chi connectivity index (χ4n) is 2.20. The maximum atomic E-state index is 12.4. The molecule has 0 spiro atoms. The lowest BCUT2D eigenvalue weighted by Gasteiger charge is -2.04. The molecule has 0 bridgehead atoms. The molecule has 2 aromatic carbocycles. The van der Waals surface area contributed by atoms with Gasteiger partial charge in [-0.2, -0.15) is 0 Å². The van der Waals surface area contributed by atoms with Crippen molar-refractivity contribution in [2.24, 2.45) is 0 Å². The van der Waals surface area contributed by atoms with Gasteiger partial charge in [-0.1, -0.05) is 56.2 Å². The molecule has 0 heterocycles. The van der Waals surface area contributed by atoms with Crippen molar-refractivity contribution in [3.05, 3.63) is 68.8 Å². The molecule has 0 saturated heterocycles. The molecular formula is C18H19IO. The molecule has 0 aromatic heterocycles. The van der Waals surface area contributed by atoms with Crippen LogP contribution in [0.2, 0.25) is 0 Å². The minimum Gasteiger partial charge on any atom is -0.289 e. The van der Waals surface area contributed by atoms with E-state index in [4.69, 9.17) is 0 Å². The minimum atomic E-state index is 0.101. The van der Waals surface area contributed by atoms with Crippen LogP contribution in [0, 0.1) is 3.57 Å². The zero-order valence-electron chi connectivity index (χ0n) is 11.7. The number of carbonyl (C=O) groups is 1. The number of halogens is 1. The molecule has 0 aliphatic heterocycles. The summed E-state index contributed by atoms with van der Waals surface area (Å²) in [5, 5.41) is 0. The Morgan fingerprint density at radius 2 is 1.75 bits per heavy atom. The van der Waals surface area contributed by atoms with Crippen molar-refractivity contribution in [3.8, 4) is 0 Å². The molecule has 104 valence electrons. The van der Waals surface area contributed by atoms with E-state index in [9.17, 15) is 4.79 Å². The van der Waals surface area contributed by atoms with Crippen LogP contribution in [-0.2, 0) is 6.42 Å². The van der Waals surface area contributed by atoms with Crippen LogP contribution in [0.15, 0.2) is 48.5 Å². The summed E-state index contributed by atoms with van der Waals surface area (Å²) in [5.41, 5.74) is 2.85. The van der Waals surface area contributed by atoms with Crippen molar-refractivity contribution < 1.29 is 4.79 Å². The van der Waals surface area contributed by atoms with E-state index in [1.165, 1.54) is 24.8 Å². The molecule has 0 fully saturated rings. The van der Waals surface area contributed by atoms with Crippen LogP contribution in [0.5, 0.6) is 0 Å². The topological polar surface area (TPSA) is 17.1 Å². The van der Waals surface area contributed by atoms with Crippen molar-refractivity contribution >= 4 is 28.4 Å². The van der Waals surface area contributed by atoms with Gasteiger partial charge in [-0.3, -0.25) is 4.79 Å². The number of hydrogen-bond acceptors (Lipinski definition) is 1. The number of hydrogen-bond donors (Lipinski definition) is 0. The summed E-state index contributed by atoms with van der Waals surface area (Å²) in [6.07, 6.45) is 4.83. The highest BCUT2D eigenvalue weighted by Gasteiger charge is 2.08. The first kappa shape index (κ1) is 15.2. The largest absolute Gasteiger partial charge is 0.289 e. The lowest BCUT2D eigenvalue weighted by molar-refractivity contribution is 0.103. The lowest BCUT2D eigenvalue weighted by atomic mass is 10.0. The Morgan fingerprint density at radius 3 is 2.40 bits per heavy atom. The summed E-state index contributed by atoms with van der Waals surface area (Å²) in [6.45, 7) is 2.21. The molecule has 0 unspecified atom stereocenters. The van der Waals surface area contributed by atoms with Crippen LogP contribution in [0.1, 0.15) is 47.7 Å². The van der Waals surface area contributed by atoms with E-state index in [1.807, 2.05) is 36.4 Å². The van der Waals surface area contributed by atoms with E-state index in [0.29, 0.717) is 0 Å². The van der Waals surface area contributed by atoms with Gasteiger partial charge < -0.3 is 0 Å². The van der Waals surface area contributed by atoms with Gasteiger partial charge in [0.25, 0.3) is 0 Å². The first-order chi connectivity index (χ1) is 9.70. The van der Waals surface area contributed by atoms with Crippen molar-refractivity contribution in [2.75, 3.05) is 0 Å². The molecule has 0 amide bonds. The van der Waals surface area contributed by atoms with Crippen molar-refractivity contribution in [1.82, 2.24) is 0 Å². The molecule has 0 aliphatic carbocycles. The van der Waals surface area contributed by atoms with Crippen LogP contribution in [0.25, 0.3) is 0 Å². The number of aryl methyl sites for hydroxylation is 1. The normalized spacial score (nSPS) is 10.5. The van der Waals surface area contributed by atoms with Crippen molar-refractivity contribution in [1.29, 1.82) is 0 Å². The predicted molar refractivity (Wildman–Crippen MR) is 92.3 cm³/mol. The van der Waals surface area contributed by atoms with Crippen LogP contribution in [0.4, 0.5) is 0 Å². The number of benzene rings is 2. The Hall–Kier alpha value is -1.16. The van der Waals surface area contributed by atoms with Crippen molar-refractivity contribution in [2.45, 2.75) is 32.6 Å². The maximum absolute atomic E-state index is 12.4. The number of unbranched alkanes of at least 4 members (excludes halogenated alkanes) is 2. The van der Waals surface area contributed by atoms with Crippen LogP contribution in [-0.4, -0.2) is 5.78 Å². The molecular weight excluding hydrogens is 359 g/mol. The second kappa shape index (κ2) is 7.58. The summed E-state index contributed by atoms with van der Waals surface area (Å²) >= 11 is 2.23. The summed E-state index contributed by atoms with van der Waals surface area (Å²) in [6, 6.07) is 15.8. The van der Waals surface area contributed by atoms with Gasteiger partial charge in [0.1, 0.15) is 0 Å². The first-order valence-electron chi connectivity index (χ1n) is 7.10. The Morgan fingerprint density at radius 1 is 1.00 bits per heavy atom. The lowest BCUT2D eigenvalue weighted by Crippen LogP contribution is -2.01. The van der Waals surface area contributed by atoms with E-state index < -0.39 is 0 Å². The Bertz CT molecular complexity index is 572. The minimum absolute atomic E-state index is 0.101. The highest BCUT2D eigenvalue weighted by molar-refractivity contribution is 14.1. The number of rotatable bonds is 6. The van der Waals surface area contributed by atoms with Gasteiger partial charge in [0.2, 0.25) is 0 Å². The van der Waals surface area contributed by atoms with E-state index in [-0.39, 0.29) is 5.78 Å². The van der Waals surface area contributed by atoms with Gasteiger partial charge in [0.05, 0.1) is 0 Å². The van der Waals surface area contributed by atoms with E-state index in [1.54, 1.807) is 0 Å². The van der Waals surface area contributed by atoms with Crippen molar-refractivity contribution in [3.63, 3.8) is 0 Å². The van der Waals surface area contributed by atoms with Gasteiger partial charge in [0.15, 0.2) is 5.78 Å². The van der Waals surface area contributed by atoms with Gasteiger partial charge in [-0.15, -0.1) is 0 Å². The second-order valence-electron chi connectivity index (χ2n) is 4.99. The van der Waals surface area contributed by atoms with E-state index in [2.05, 4.69) is 41.6 Å². The molecule has 2 heteroatoms. The second-order valence-corrected chi connectivity index (χ2v) is 6.24. The molecule has 0 aliphatic rings. The monoisotopic (exact) mass is 378 g/mol. The summed E-state index contributed by atoms with van der Waals surface area (Å²) in [4.78, 5) is 12.4. The summed E-state index contributed by atoms with van der Waals surface area (Å²) < 4.78 is 1.09. The van der Waals surface area contributed by atoms with E-state index >= 15 is 0 Å². The fourth-order valence-corrected chi connectivity index (χ4v) is 2.74. The third-order valence-corrected chi connectivity index (χ3v) is 4.04. The fraction of sp³-hybridized carbons (Fsp3) is 0.278. The number of carbonyl (C=O) groups excluding carboxylic acids is 1. The SMILES string of the molecule is CCCCCc1ccc(C(=O)c2cccc(I)c2)cc1. The molecule has 20 heavy (non-hydrogen) atoms. The van der Waals surface area contributed by atoms with Gasteiger partial charge in [0, 0.05) is 14.7 Å². The van der Waals surface area contributed by atoms with Gasteiger partial charge in [-0.25, -0.2) is 0 Å². The third-order valence-electron chi connectivity index (χ3n) is 3.37. The quantitative estimate of drug-likeness (QED) is 0.381. The van der Waals surface area contributed by atoms with Crippen LogP contribution >= 0.6 is 22.6 Å². The molecule has 2 aromatic rings. The first-order valence-corrected chi connectivity index (χ1v) is 8.18. The molecule has 2 rings (SSSR count). The molecule has 0 radical (unpaired) electrons. The highest BCUT2D eigenvalue weighted by Crippen LogP contribution is 2.15. The molecule has 0 saturated carbocycles. The zero-order chi connectivity index (χ0) is 14.4. The molecule has 1 nitrogen and oxygen atoms in total. The predicted octanol–water partition coefficient (Wildman–Crippen LogP) is 5.25. The Labute approximate surface area is 134 Å².